The van der Waals surface area contributed by atoms with Gasteiger partial charge in [-0.1, -0.05) is 39.0 Å². The highest BCUT2D eigenvalue weighted by Gasteiger charge is 2.12. The number of fused-ring (bicyclic) bond motifs is 1. The summed E-state index contributed by atoms with van der Waals surface area (Å²) in [5.41, 5.74) is 2.52. The molecule has 1 heterocycles. The summed E-state index contributed by atoms with van der Waals surface area (Å²) in [6.07, 6.45) is 6.75. The van der Waals surface area contributed by atoms with Crippen LogP contribution < -0.4 is 5.32 Å². The van der Waals surface area contributed by atoms with E-state index in [2.05, 4.69) is 61.4 Å². The van der Waals surface area contributed by atoms with Crippen LogP contribution in [0.25, 0.3) is 10.9 Å². The first kappa shape index (κ1) is 16.0. The Kier molecular flexibility index (Phi) is 6.19. The monoisotopic (exact) mass is 284 g/mol. The van der Waals surface area contributed by atoms with Crippen LogP contribution in [0, 0.1) is 5.92 Å². The summed E-state index contributed by atoms with van der Waals surface area (Å²) in [6.45, 7) is 7.94. The van der Waals surface area contributed by atoms with Crippen LogP contribution in [0.15, 0.2) is 36.5 Å². The Morgan fingerprint density at radius 2 is 1.90 bits per heavy atom. The molecule has 1 aromatic carbocycles. The van der Waals surface area contributed by atoms with Crippen LogP contribution in [0.2, 0.25) is 0 Å². The molecular formula is C19H28N2. The maximum absolute atomic E-state index is 4.47. The van der Waals surface area contributed by atoms with E-state index >= 15 is 0 Å². The molecule has 1 unspecified atom stereocenters. The topological polar surface area (TPSA) is 24.9 Å². The number of hydrogen-bond acceptors (Lipinski definition) is 2. The zero-order chi connectivity index (χ0) is 15.1. The summed E-state index contributed by atoms with van der Waals surface area (Å²) in [5.74, 6) is 0.769. The van der Waals surface area contributed by atoms with Crippen molar-refractivity contribution >= 4 is 10.9 Å². The summed E-state index contributed by atoms with van der Waals surface area (Å²) in [4.78, 5) is 4.47. The number of pyridine rings is 1. The van der Waals surface area contributed by atoms with Gasteiger partial charge in [-0.2, -0.15) is 0 Å². The Morgan fingerprint density at radius 3 is 2.67 bits per heavy atom. The number of hydrogen-bond donors (Lipinski definition) is 1. The first-order valence-electron chi connectivity index (χ1n) is 8.26. The van der Waals surface area contributed by atoms with Crippen LogP contribution in [0.3, 0.4) is 0 Å². The molecule has 0 bridgehead atoms. The van der Waals surface area contributed by atoms with Crippen molar-refractivity contribution in [2.45, 2.75) is 52.5 Å². The number of nitrogens with zero attached hydrogens (tertiary/aromatic N) is 1. The Bertz CT molecular complexity index is 543. The fraction of sp³-hybridized carbons (Fsp3) is 0.526. The number of benzene rings is 1. The Balaban J connectivity index is 2.13. The van der Waals surface area contributed by atoms with Gasteiger partial charge in [0.2, 0.25) is 0 Å². The molecule has 1 atom stereocenters. The Labute approximate surface area is 129 Å². The van der Waals surface area contributed by atoms with Crippen molar-refractivity contribution in [2.24, 2.45) is 5.92 Å². The quantitative estimate of drug-likeness (QED) is 0.767. The van der Waals surface area contributed by atoms with E-state index in [1.807, 2.05) is 6.20 Å². The number of aromatic nitrogens is 1. The minimum Gasteiger partial charge on any atom is -0.314 e. The molecule has 0 saturated carbocycles. The van der Waals surface area contributed by atoms with E-state index in [0.717, 1.165) is 24.4 Å². The molecule has 1 aromatic heterocycles. The third kappa shape index (κ3) is 4.82. The molecule has 0 radical (unpaired) electrons. The highest BCUT2D eigenvalue weighted by molar-refractivity contribution is 5.81. The van der Waals surface area contributed by atoms with Gasteiger partial charge in [-0.3, -0.25) is 4.98 Å². The van der Waals surface area contributed by atoms with E-state index in [1.54, 1.807) is 0 Å². The molecule has 0 aliphatic heterocycles. The van der Waals surface area contributed by atoms with Crippen LogP contribution >= 0.6 is 0 Å². The van der Waals surface area contributed by atoms with Crippen molar-refractivity contribution in [3.05, 3.63) is 42.1 Å². The van der Waals surface area contributed by atoms with Gasteiger partial charge in [0.05, 0.1) is 5.52 Å². The zero-order valence-electron chi connectivity index (χ0n) is 13.6. The van der Waals surface area contributed by atoms with Gasteiger partial charge in [0, 0.05) is 17.6 Å². The molecule has 21 heavy (non-hydrogen) atoms. The van der Waals surface area contributed by atoms with Crippen LogP contribution in [0.1, 0.15) is 45.6 Å². The van der Waals surface area contributed by atoms with E-state index in [-0.39, 0.29) is 0 Å². The molecule has 0 spiro atoms. The number of para-hydroxylation sites is 1. The van der Waals surface area contributed by atoms with E-state index in [0.29, 0.717) is 6.04 Å². The van der Waals surface area contributed by atoms with Crippen LogP contribution in [-0.2, 0) is 6.42 Å². The van der Waals surface area contributed by atoms with Crippen LogP contribution in [0.4, 0.5) is 0 Å². The van der Waals surface area contributed by atoms with Gasteiger partial charge >= 0.3 is 0 Å². The molecule has 2 heteroatoms. The minimum atomic E-state index is 0.568. The average molecular weight is 284 g/mol. The van der Waals surface area contributed by atoms with E-state index in [9.17, 15) is 0 Å². The molecule has 0 fully saturated rings. The van der Waals surface area contributed by atoms with Crippen molar-refractivity contribution in [3.63, 3.8) is 0 Å². The lowest BCUT2D eigenvalue weighted by molar-refractivity contribution is 0.428. The zero-order valence-corrected chi connectivity index (χ0v) is 13.6. The summed E-state index contributed by atoms with van der Waals surface area (Å²) in [7, 11) is 0. The maximum atomic E-state index is 4.47. The molecule has 0 saturated heterocycles. The van der Waals surface area contributed by atoms with Crippen LogP contribution in [-0.4, -0.2) is 17.6 Å². The molecule has 114 valence electrons. The molecule has 0 aliphatic carbocycles. The highest BCUT2D eigenvalue weighted by atomic mass is 14.9. The lowest BCUT2D eigenvalue weighted by atomic mass is 9.96. The lowest BCUT2D eigenvalue weighted by Gasteiger charge is -2.20. The number of nitrogens with one attached hydrogen (secondary N) is 1. The molecule has 0 amide bonds. The van der Waals surface area contributed by atoms with Crippen molar-refractivity contribution in [1.29, 1.82) is 0 Å². The normalized spacial score (nSPS) is 13.0. The van der Waals surface area contributed by atoms with Gasteiger partial charge in [-0.05, 0) is 55.8 Å². The van der Waals surface area contributed by atoms with Crippen molar-refractivity contribution in [1.82, 2.24) is 10.3 Å². The predicted molar refractivity (Wildman–Crippen MR) is 91.6 cm³/mol. The van der Waals surface area contributed by atoms with Crippen LogP contribution in [0.5, 0.6) is 0 Å². The molecule has 0 aliphatic rings. The highest BCUT2D eigenvalue weighted by Crippen LogP contribution is 2.19. The summed E-state index contributed by atoms with van der Waals surface area (Å²) >= 11 is 0. The molecule has 2 aromatic rings. The molecule has 1 N–H and O–H groups in total. The smallest absolute Gasteiger partial charge is 0.0704 e. The second-order valence-corrected chi connectivity index (χ2v) is 6.31. The van der Waals surface area contributed by atoms with E-state index < -0.39 is 0 Å². The largest absolute Gasteiger partial charge is 0.314 e. The van der Waals surface area contributed by atoms with Crippen molar-refractivity contribution < 1.29 is 0 Å². The van der Waals surface area contributed by atoms with E-state index in [1.165, 1.54) is 30.2 Å². The second kappa shape index (κ2) is 8.14. The second-order valence-electron chi connectivity index (χ2n) is 6.31. The Hall–Kier alpha value is -1.41. The lowest BCUT2D eigenvalue weighted by Crippen LogP contribution is -2.32. The SMILES string of the molecule is CCCNC(CCC(C)C)Cc1ccnc2ccccc12. The summed E-state index contributed by atoms with van der Waals surface area (Å²) < 4.78 is 0. The summed E-state index contributed by atoms with van der Waals surface area (Å²) in [5, 5.41) is 5.02. The third-order valence-electron chi connectivity index (χ3n) is 3.98. The standard InChI is InChI=1S/C19H28N2/c1-4-12-20-17(10-9-15(2)3)14-16-11-13-21-19-8-6-5-7-18(16)19/h5-8,11,13,15,17,20H,4,9-10,12,14H2,1-3H3. The first-order chi connectivity index (χ1) is 10.2. The van der Waals surface area contributed by atoms with Crippen molar-refractivity contribution in [3.8, 4) is 0 Å². The summed E-state index contributed by atoms with van der Waals surface area (Å²) in [6, 6.07) is 11.2. The fourth-order valence-electron chi connectivity index (χ4n) is 2.76. The molecule has 2 rings (SSSR count). The average Bonchev–Trinajstić information content (AvgIpc) is 2.50. The molecule has 2 nitrogen and oxygen atoms in total. The number of rotatable bonds is 8. The van der Waals surface area contributed by atoms with Crippen molar-refractivity contribution in [2.75, 3.05) is 6.54 Å². The first-order valence-corrected chi connectivity index (χ1v) is 8.26. The molecular weight excluding hydrogens is 256 g/mol. The Morgan fingerprint density at radius 1 is 1.10 bits per heavy atom. The predicted octanol–water partition coefficient (Wildman–Crippen LogP) is 4.58. The maximum Gasteiger partial charge on any atom is 0.0704 e. The van der Waals surface area contributed by atoms with Gasteiger partial charge in [0.1, 0.15) is 0 Å². The van der Waals surface area contributed by atoms with Gasteiger partial charge < -0.3 is 5.32 Å². The van der Waals surface area contributed by atoms with E-state index in [4.69, 9.17) is 0 Å². The third-order valence-corrected chi connectivity index (χ3v) is 3.98. The minimum absolute atomic E-state index is 0.568. The van der Waals surface area contributed by atoms with Gasteiger partial charge in [-0.15, -0.1) is 0 Å². The van der Waals surface area contributed by atoms with Gasteiger partial charge in [0.15, 0.2) is 0 Å². The van der Waals surface area contributed by atoms with Gasteiger partial charge in [0.25, 0.3) is 0 Å². The fourth-order valence-corrected chi connectivity index (χ4v) is 2.76. The van der Waals surface area contributed by atoms with Gasteiger partial charge in [-0.25, -0.2) is 0 Å².